The van der Waals surface area contributed by atoms with E-state index in [2.05, 4.69) is 11.1 Å². The zero-order chi connectivity index (χ0) is 16.8. The molecule has 0 atom stereocenters. The Balaban J connectivity index is 2.83. The van der Waals surface area contributed by atoms with E-state index in [0.717, 1.165) is 5.56 Å². The number of esters is 1. The molecule has 0 amide bonds. The van der Waals surface area contributed by atoms with Gasteiger partial charge >= 0.3 is 5.97 Å². The fourth-order valence-electron chi connectivity index (χ4n) is 2.19. The van der Waals surface area contributed by atoms with Gasteiger partial charge in [-0.25, -0.2) is 9.78 Å². The van der Waals surface area contributed by atoms with Crippen LogP contribution >= 0.6 is 23.5 Å². The van der Waals surface area contributed by atoms with E-state index in [-0.39, 0.29) is 6.61 Å². The van der Waals surface area contributed by atoms with Crippen molar-refractivity contribution in [3.63, 3.8) is 0 Å². The normalized spacial score (nSPS) is 10.2. The van der Waals surface area contributed by atoms with Gasteiger partial charge in [-0.3, -0.25) is 0 Å². The maximum Gasteiger partial charge on any atom is 0.341 e. The van der Waals surface area contributed by atoms with Crippen molar-refractivity contribution in [3.8, 4) is 17.3 Å². The number of thioether (sulfide) groups is 2. The Hall–Kier alpha value is -1.97. The first-order valence-corrected chi connectivity index (χ1v) is 9.41. The van der Waals surface area contributed by atoms with Gasteiger partial charge in [-0.15, -0.1) is 23.5 Å². The summed E-state index contributed by atoms with van der Waals surface area (Å²) in [4.78, 5) is 17.7. The predicted octanol–water partition coefficient (Wildman–Crippen LogP) is 4.24. The van der Waals surface area contributed by atoms with E-state index >= 15 is 0 Å². The summed E-state index contributed by atoms with van der Waals surface area (Å²) in [5.74, 6) is -0.452. The number of aromatic nitrogens is 1. The van der Waals surface area contributed by atoms with E-state index in [1.807, 2.05) is 42.8 Å². The molecule has 118 valence electrons. The second kappa shape index (κ2) is 8.04. The molecule has 1 aromatic heterocycles. The van der Waals surface area contributed by atoms with Crippen LogP contribution in [-0.2, 0) is 4.74 Å². The Bertz CT molecular complexity index is 755. The molecule has 0 unspecified atom stereocenters. The summed E-state index contributed by atoms with van der Waals surface area (Å²) >= 11 is 2.76. The van der Waals surface area contributed by atoms with Crippen LogP contribution in [-0.4, -0.2) is 30.1 Å². The predicted molar refractivity (Wildman–Crippen MR) is 93.9 cm³/mol. The van der Waals surface area contributed by atoms with Gasteiger partial charge in [0.15, 0.2) is 0 Å². The molecule has 0 bridgehead atoms. The Labute approximate surface area is 144 Å². The zero-order valence-electron chi connectivity index (χ0n) is 13.1. The van der Waals surface area contributed by atoms with Crippen LogP contribution in [0.1, 0.15) is 22.8 Å². The molecular formula is C17H16N2O2S2. The van der Waals surface area contributed by atoms with Crippen LogP contribution in [0, 0.1) is 11.3 Å². The molecule has 0 aliphatic heterocycles. The van der Waals surface area contributed by atoms with Crippen LogP contribution in [0.25, 0.3) is 11.3 Å². The lowest BCUT2D eigenvalue weighted by Crippen LogP contribution is -2.12. The van der Waals surface area contributed by atoms with Crippen molar-refractivity contribution in [2.75, 3.05) is 19.1 Å². The number of hydrogen-bond acceptors (Lipinski definition) is 6. The summed E-state index contributed by atoms with van der Waals surface area (Å²) in [6.07, 6.45) is 3.71. The summed E-state index contributed by atoms with van der Waals surface area (Å²) < 4.78 is 5.20. The Morgan fingerprint density at radius 2 is 1.96 bits per heavy atom. The number of rotatable bonds is 5. The molecule has 6 heteroatoms. The zero-order valence-corrected chi connectivity index (χ0v) is 14.8. The van der Waals surface area contributed by atoms with Gasteiger partial charge in [-0.1, -0.05) is 30.3 Å². The fraction of sp³-hybridized carbons (Fsp3) is 0.235. The van der Waals surface area contributed by atoms with Gasteiger partial charge in [-0.2, -0.15) is 5.26 Å². The Kier molecular flexibility index (Phi) is 6.08. The molecule has 0 spiro atoms. The lowest BCUT2D eigenvalue weighted by molar-refractivity contribution is 0.0522. The molecule has 1 aromatic carbocycles. The van der Waals surface area contributed by atoms with Gasteiger partial charge in [0.2, 0.25) is 0 Å². The van der Waals surface area contributed by atoms with Crippen molar-refractivity contribution in [2.24, 2.45) is 0 Å². The monoisotopic (exact) mass is 344 g/mol. The molecule has 0 aliphatic rings. The highest BCUT2D eigenvalue weighted by Gasteiger charge is 2.25. The third kappa shape index (κ3) is 3.52. The Morgan fingerprint density at radius 3 is 2.48 bits per heavy atom. The number of hydrogen-bond donors (Lipinski definition) is 0. The second-order valence-corrected chi connectivity index (χ2v) is 6.06. The second-order valence-electron chi connectivity index (χ2n) is 4.45. The van der Waals surface area contributed by atoms with E-state index in [1.54, 1.807) is 6.92 Å². The maximum absolute atomic E-state index is 12.5. The molecule has 0 aliphatic carbocycles. The smallest absolute Gasteiger partial charge is 0.341 e. The van der Waals surface area contributed by atoms with Crippen molar-refractivity contribution in [2.45, 2.75) is 16.8 Å². The minimum atomic E-state index is -0.452. The number of pyridine rings is 1. The molecule has 0 N–H and O–H groups in total. The van der Waals surface area contributed by atoms with E-state index in [4.69, 9.17) is 4.74 Å². The highest BCUT2D eigenvalue weighted by molar-refractivity contribution is 7.99. The summed E-state index contributed by atoms with van der Waals surface area (Å²) in [5, 5.41) is 10.1. The van der Waals surface area contributed by atoms with Crippen LogP contribution in [0.5, 0.6) is 0 Å². The number of carbonyl (C=O) groups is 1. The van der Waals surface area contributed by atoms with Crippen LogP contribution < -0.4 is 0 Å². The number of benzene rings is 1. The van der Waals surface area contributed by atoms with Gasteiger partial charge in [-0.05, 0) is 19.4 Å². The lowest BCUT2D eigenvalue weighted by atomic mass is 10.0. The van der Waals surface area contributed by atoms with Gasteiger partial charge in [0.25, 0.3) is 0 Å². The van der Waals surface area contributed by atoms with Crippen molar-refractivity contribution in [1.29, 1.82) is 5.26 Å². The van der Waals surface area contributed by atoms with E-state index < -0.39 is 5.97 Å². The van der Waals surface area contributed by atoms with Crippen molar-refractivity contribution >= 4 is 29.5 Å². The summed E-state index contributed by atoms with van der Waals surface area (Å²) in [6, 6.07) is 11.6. The van der Waals surface area contributed by atoms with Gasteiger partial charge in [0.1, 0.15) is 16.7 Å². The highest BCUT2D eigenvalue weighted by Crippen LogP contribution is 2.36. The number of carbonyl (C=O) groups excluding carboxylic acids is 1. The molecule has 4 nitrogen and oxygen atoms in total. The topological polar surface area (TPSA) is 63.0 Å². The maximum atomic E-state index is 12.5. The average molecular weight is 344 g/mol. The molecule has 2 rings (SSSR count). The molecule has 0 saturated carbocycles. The van der Waals surface area contributed by atoms with E-state index in [9.17, 15) is 10.1 Å². The molecule has 0 fully saturated rings. The standard InChI is InChI=1S/C17H16N2O2S2/c1-4-21-17(20)13-14(11-8-6-5-7-9-11)19-16(23-3)12(10-18)15(13)22-2/h5-9H,4H2,1-3H3. The molecular weight excluding hydrogens is 328 g/mol. The third-order valence-electron chi connectivity index (χ3n) is 3.15. The van der Waals surface area contributed by atoms with Crippen molar-refractivity contribution in [1.82, 2.24) is 4.98 Å². The number of nitrogens with zero attached hydrogens (tertiary/aromatic N) is 2. The minimum Gasteiger partial charge on any atom is -0.462 e. The van der Waals surface area contributed by atoms with Crippen molar-refractivity contribution < 1.29 is 9.53 Å². The Morgan fingerprint density at radius 1 is 1.26 bits per heavy atom. The molecule has 2 aromatic rings. The first-order chi connectivity index (χ1) is 11.2. The minimum absolute atomic E-state index is 0.271. The summed E-state index contributed by atoms with van der Waals surface area (Å²) in [7, 11) is 0. The first kappa shape index (κ1) is 17.4. The van der Waals surface area contributed by atoms with Crippen LogP contribution in [0.15, 0.2) is 40.3 Å². The molecule has 0 saturated heterocycles. The third-order valence-corrected chi connectivity index (χ3v) is 4.65. The SMILES string of the molecule is CCOC(=O)c1c(-c2ccccc2)nc(SC)c(C#N)c1SC. The highest BCUT2D eigenvalue weighted by atomic mass is 32.2. The van der Waals surface area contributed by atoms with Gasteiger partial charge in [0.05, 0.1) is 17.9 Å². The number of ether oxygens (including phenoxy) is 1. The summed E-state index contributed by atoms with van der Waals surface area (Å²) in [5.41, 5.74) is 2.16. The number of nitriles is 1. The van der Waals surface area contributed by atoms with Crippen LogP contribution in [0.3, 0.4) is 0 Å². The first-order valence-electron chi connectivity index (χ1n) is 6.96. The molecule has 1 heterocycles. The molecule has 0 radical (unpaired) electrons. The fourth-order valence-corrected chi connectivity index (χ4v) is 3.52. The lowest BCUT2D eigenvalue weighted by Gasteiger charge is -2.15. The summed E-state index contributed by atoms with van der Waals surface area (Å²) in [6.45, 7) is 2.03. The molecule has 23 heavy (non-hydrogen) atoms. The average Bonchev–Trinajstić information content (AvgIpc) is 2.60. The largest absolute Gasteiger partial charge is 0.462 e. The van der Waals surface area contributed by atoms with Crippen molar-refractivity contribution in [3.05, 3.63) is 41.5 Å². The van der Waals surface area contributed by atoms with E-state index in [1.165, 1.54) is 23.5 Å². The van der Waals surface area contributed by atoms with E-state index in [0.29, 0.717) is 26.7 Å². The van der Waals surface area contributed by atoms with Gasteiger partial charge < -0.3 is 4.74 Å². The van der Waals surface area contributed by atoms with Crippen LogP contribution in [0.4, 0.5) is 0 Å². The quantitative estimate of drug-likeness (QED) is 0.597. The van der Waals surface area contributed by atoms with Gasteiger partial charge in [0, 0.05) is 10.5 Å². The van der Waals surface area contributed by atoms with Crippen LogP contribution in [0.2, 0.25) is 0 Å².